The first-order valence-corrected chi connectivity index (χ1v) is 7.05. The van der Waals surface area contributed by atoms with Crippen LogP contribution in [0.5, 0.6) is 5.75 Å². The molecule has 1 unspecified atom stereocenters. The topological polar surface area (TPSA) is 35.2 Å². The van der Waals surface area contributed by atoms with Crippen molar-refractivity contribution < 1.29 is 9.13 Å². The van der Waals surface area contributed by atoms with Crippen LogP contribution in [0.3, 0.4) is 0 Å². The van der Waals surface area contributed by atoms with Crippen molar-refractivity contribution in [2.75, 3.05) is 13.7 Å². The van der Waals surface area contributed by atoms with E-state index in [4.69, 9.17) is 10.5 Å². The number of nitrogens with two attached hydrogens (primary N) is 1. The van der Waals surface area contributed by atoms with Crippen LogP contribution in [0.2, 0.25) is 0 Å². The quantitative estimate of drug-likeness (QED) is 0.927. The van der Waals surface area contributed by atoms with E-state index in [-0.39, 0.29) is 11.7 Å². The Morgan fingerprint density at radius 3 is 2.72 bits per heavy atom. The zero-order valence-corrected chi connectivity index (χ0v) is 12.2. The molecule has 1 aromatic carbocycles. The zero-order chi connectivity index (χ0) is 13.1. The van der Waals surface area contributed by atoms with Crippen LogP contribution in [-0.4, -0.2) is 13.7 Å². The fourth-order valence-electron chi connectivity index (χ4n) is 1.89. The second-order valence-electron chi connectivity index (χ2n) is 3.82. The minimum atomic E-state index is -0.278. The fraction of sp³-hybridized carbons (Fsp3) is 0.231. The lowest BCUT2D eigenvalue weighted by atomic mass is 9.96. The summed E-state index contributed by atoms with van der Waals surface area (Å²) in [5, 5.41) is 0. The highest BCUT2D eigenvalue weighted by Crippen LogP contribution is 2.36. The van der Waals surface area contributed by atoms with Gasteiger partial charge in [0.25, 0.3) is 0 Å². The molecule has 0 amide bonds. The van der Waals surface area contributed by atoms with E-state index in [1.807, 2.05) is 12.1 Å². The van der Waals surface area contributed by atoms with Crippen LogP contribution < -0.4 is 10.5 Å². The summed E-state index contributed by atoms with van der Waals surface area (Å²) in [7, 11) is 1.58. The summed E-state index contributed by atoms with van der Waals surface area (Å²) in [5.41, 5.74) is 6.62. The molecule has 0 saturated carbocycles. The van der Waals surface area contributed by atoms with Crippen molar-refractivity contribution >= 4 is 27.3 Å². The molecule has 0 aliphatic heterocycles. The Hall–Kier alpha value is -0.910. The number of rotatable bonds is 4. The molecule has 0 spiro atoms. The summed E-state index contributed by atoms with van der Waals surface area (Å²) < 4.78 is 19.7. The highest BCUT2D eigenvalue weighted by molar-refractivity contribution is 9.11. The third-order valence-corrected chi connectivity index (χ3v) is 4.48. The molecule has 1 heterocycles. The minimum absolute atomic E-state index is 0.0491. The number of thiophene rings is 1. The lowest BCUT2D eigenvalue weighted by Crippen LogP contribution is -2.14. The minimum Gasteiger partial charge on any atom is -0.496 e. The van der Waals surface area contributed by atoms with Crippen LogP contribution in [0.4, 0.5) is 4.39 Å². The van der Waals surface area contributed by atoms with Gasteiger partial charge in [0, 0.05) is 22.9 Å². The number of hydrogen-bond acceptors (Lipinski definition) is 3. The molecular weight excluding hydrogens is 317 g/mol. The SMILES string of the molecule is COc1ccc(F)cc1C(CN)c1ccc(Br)s1. The molecule has 0 bridgehead atoms. The van der Waals surface area contributed by atoms with Gasteiger partial charge in [-0.3, -0.25) is 0 Å². The normalized spacial score (nSPS) is 12.4. The molecule has 0 aliphatic carbocycles. The van der Waals surface area contributed by atoms with Gasteiger partial charge in [-0.05, 0) is 46.3 Å². The predicted molar refractivity (Wildman–Crippen MR) is 75.9 cm³/mol. The first kappa shape index (κ1) is 13.5. The first-order valence-electron chi connectivity index (χ1n) is 5.44. The van der Waals surface area contributed by atoms with Crippen LogP contribution in [0.15, 0.2) is 34.1 Å². The van der Waals surface area contributed by atoms with Crippen LogP contribution in [-0.2, 0) is 0 Å². The first-order chi connectivity index (χ1) is 8.65. The highest BCUT2D eigenvalue weighted by Gasteiger charge is 2.19. The maximum Gasteiger partial charge on any atom is 0.123 e. The van der Waals surface area contributed by atoms with Gasteiger partial charge in [-0.1, -0.05) is 0 Å². The van der Waals surface area contributed by atoms with Crippen molar-refractivity contribution in [3.8, 4) is 5.75 Å². The largest absolute Gasteiger partial charge is 0.496 e. The maximum atomic E-state index is 13.4. The van der Waals surface area contributed by atoms with Crippen molar-refractivity contribution in [1.29, 1.82) is 0 Å². The molecule has 2 rings (SSSR count). The lowest BCUT2D eigenvalue weighted by molar-refractivity contribution is 0.406. The Balaban J connectivity index is 2.47. The van der Waals surface area contributed by atoms with E-state index in [9.17, 15) is 4.39 Å². The summed E-state index contributed by atoms with van der Waals surface area (Å²) >= 11 is 5.02. The Kier molecular flexibility index (Phi) is 4.37. The summed E-state index contributed by atoms with van der Waals surface area (Å²) in [6, 6.07) is 8.48. The molecule has 5 heteroatoms. The number of ether oxygens (including phenoxy) is 1. The molecule has 96 valence electrons. The van der Waals surface area contributed by atoms with Crippen molar-refractivity contribution in [3.63, 3.8) is 0 Å². The van der Waals surface area contributed by atoms with Crippen molar-refractivity contribution in [2.24, 2.45) is 5.73 Å². The van der Waals surface area contributed by atoms with Gasteiger partial charge in [0.05, 0.1) is 10.9 Å². The van der Waals surface area contributed by atoms with Gasteiger partial charge >= 0.3 is 0 Å². The van der Waals surface area contributed by atoms with E-state index >= 15 is 0 Å². The average Bonchev–Trinajstić information content (AvgIpc) is 2.77. The molecule has 2 nitrogen and oxygen atoms in total. The Bertz CT molecular complexity index is 544. The second-order valence-corrected chi connectivity index (χ2v) is 6.31. The molecule has 18 heavy (non-hydrogen) atoms. The van der Waals surface area contributed by atoms with Crippen molar-refractivity contribution in [1.82, 2.24) is 0 Å². The van der Waals surface area contributed by atoms with Gasteiger partial charge in [-0.2, -0.15) is 0 Å². The predicted octanol–water partition coefficient (Wildman–Crippen LogP) is 3.75. The number of halogens is 2. The molecule has 1 aromatic heterocycles. The van der Waals surface area contributed by atoms with Crippen LogP contribution in [0, 0.1) is 5.82 Å². The smallest absolute Gasteiger partial charge is 0.123 e. The molecule has 0 radical (unpaired) electrons. The molecule has 0 fully saturated rings. The highest BCUT2D eigenvalue weighted by atomic mass is 79.9. The summed E-state index contributed by atoms with van der Waals surface area (Å²) in [6.07, 6.45) is 0. The summed E-state index contributed by atoms with van der Waals surface area (Å²) in [4.78, 5) is 1.09. The average molecular weight is 330 g/mol. The van der Waals surface area contributed by atoms with Crippen molar-refractivity contribution in [2.45, 2.75) is 5.92 Å². The van der Waals surface area contributed by atoms with E-state index in [1.165, 1.54) is 12.1 Å². The zero-order valence-electron chi connectivity index (χ0n) is 9.82. The van der Waals surface area contributed by atoms with Gasteiger partial charge < -0.3 is 10.5 Å². The second kappa shape index (κ2) is 5.82. The molecule has 2 N–H and O–H groups in total. The van der Waals surface area contributed by atoms with Gasteiger partial charge in [0.15, 0.2) is 0 Å². The van der Waals surface area contributed by atoms with E-state index in [0.29, 0.717) is 12.3 Å². The van der Waals surface area contributed by atoms with E-state index in [0.717, 1.165) is 14.2 Å². The van der Waals surface area contributed by atoms with Gasteiger partial charge in [-0.15, -0.1) is 11.3 Å². The summed E-state index contributed by atoms with van der Waals surface area (Å²) in [6.45, 7) is 0.409. The number of benzene rings is 1. The molecule has 0 aliphatic rings. The molecular formula is C13H13BrFNOS. The van der Waals surface area contributed by atoms with E-state index in [1.54, 1.807) is 24.5 Å². The van der Waals surface area contributed by atoms with Crippen LogP contribution in [0.25, 0.3) is 0 Å². The third kappa shape index (κ3) is 2.74. The third-order valence-electron chi connectivity index (χ3n) is 2.74. The molecule has 0 saturated heterocycles. The van der Waals surface area contributed by atoms with Gasteiger partial charge in [-0.25, -0.2) is 4.39 Å². The van der Waals surface area contributed by atoms with E-state index in [2.05, 4.69) is 15.9 Å². The maximum absolute atomic E-state index is 13.4. The van der Waals surface area contributed by atoms with E-state index < -0.39 is 0 Å². The summed E-state index contributed by atoms with van der Waals surface area (Å²) in [5.74, 6) is 0.336. The van der Waals surface area contributed by atoms with Crippen molar-refractivity contribution in [3.05, 3.63) is 50.4 Å². The molecule has 1 atom stereocenters. The number of methoxy groups -OCH3 is 1. The standard InChI is InChI=1S/C13H13BrFNOS/c1-17-11-3-2-8(15)6-9(11)10(7-16)12-4-5-13(14)18-12/h2-6,10H,7,16H2,1H3. The van der Waals surface area contributed by atoms with Crippen LogP contribution >= 0.6 is 27.3 Å². The monoisotopic (exact) mass is 329 g/mol. The van der Waals surface area contributed by atoms with Crippen LogP contribution in [0.1, 0.15) is 16.4 Å². The lowest BCUT2D eigenvalue weighted by Gasteiger charge is -2.17. The fourth-order valence-corrected chi connectivity index (χ4v) is 3.45. The Morgan fingerprint density at radius 2 is 2.17 bits per heavy atom. The Morgan fingerprint density at radius 1 is 1.39 bits per heavy atom. The van der Waals surface area contributed by atoms with Gasteiger partial charge in [0.1, 0.15) is 11.6 Å². The Labute approximate surface area is 118 Å². The van der Waals surface area contributed by atoms with Gasteiger partial charge in [0.2, 0.25) is 0 Å². The molecule has 2 aromatic rings. The number of hydrogen-bond donors (Lipinski definition) is 1.